The maximum Gasteiger partial charge on any atom is 0.335 e. The summed E-state index contributed by atoms with van der Waals surface area (Å²) in [4.78, 5) is 20.7. The molecule has 0 atom stereocenters. The Morgan fingerprint density at radius 2 is 1.03 bits per heavy atom. The molecule has 32 heavy (non-hydrogen) atoms. The van der Waals surface area contributed by atoms with E-state index in [1.807, 2.05) is 0 Å². The molecule has 0 spiro atoms. The van der Waals surface area contributed by atoms with Crippen molar-refractivity contribution in [2.24, 2.45) is 0 Å². The van der Waals surface area contributed by atoms with Crippen LogP contribution >= 0.6 is 0 Å². The molecule has 0 heterocycles. The van der Waals surface area contributed by atoms with Crippen LogP contribution < -0.4 is 0 Å². The maximum absolute atomic E-state index is 10.4. The number of carboxylic acid groups (broad SMARTS) is 2. The molecule has 6 N–H and O–H groups in total. The van der Waals surface area contributed by atoms with Crippen LogP contribution in [0.3, 0.4) is 0 Å². The standard InChI is InChI=1S/2C8H8O3.C6H14O4/c2*1-5-2-3-6(8(10)11)4-7(5)9;7-1-3-9-5-6-10-4-2-8/h2*2-4,9H,1H3,(H,10,11);7-8H,1-6H2. The zero-order chi connectivity index (χ0) is 24.5. The lowest BCUT2D eigenvalue weighted by molar-refractivity contribution is 0.0222. The number of hydrogen-bond acceptors (Lipinski definition) is 8. The van der Waals surface area contributed by atoms with Crippen molar-refractivity contribution in [3.63, 3.8) is 0 Å². The number of aliphatic hydroxyl groups excluding tert-OH is 2. The molecule has 0 aliphatic carbocycles. The molecule has 10 heteroatoms. The van der Waals surface area contributed by atoms with Crippen molar-refractivity contribution in [1.29, 1.82) is 0 Å². The van der Waals surface area contributed by atoms with E-state index in [2.05, 4.69) is 0 Å². The molecule has 2 rings (SSSR count). The number of carbonyl (C=O) groups is 2. The second-order valence-electron chi connectivity index (χ2n) is 6.28. The Kier molecular flexibility index (Phi) is 14.9. The van der Waals surface area contributed by atoms with Crippen LogP contribution in [0.4, 0.5) is 0 Å². The van der Waals surface area contributed by atoms with E-state index in [0.29, 0.717) is 37.6 Å². The van der Waals surface area contributed by atoms with E-state index in [0.717, 1.165) is 0 Å². The van der Waals surface area contributed by atoms with Gasteiger partial charge in [0, 0.05) is 0 Å². The van der Waals surface area contributed by atoms with Gasteiger partial charge in [0.2, 0.25) is 0 Å². The Hall–Kier alpha value is -3.18. The minimum absolute atomic E-state index is 0.0184. The number of aryl methyl sites for hydroxylation is 2. The van der Waals surface area contributed by atoms with Gasteiger partial charge in [0.25, 0.3) is 0 Å². The lowest BCUT2D eigenvalue weighted by Gasteiger charge is -2.01. The van der Waals surface area contributed by atoms with Gasteiger partial charge < -0.3 is 40.1 Å². The molecule has 2 aromatic carbocycles. The topological polar surface area (TPSA) is 174 Å². The molecule has 10 nitrogen and oxygen atoms in total. The van der Waals surface area contributed by atoms with E-state index >= 15 is 0 Å². The predicted octanol–water partition coefficient (Wildman–Crippen LogP) is 1.80. The SMILES string of the molecule is Cc1ccc(C(=O)O)cc1O.Cc1ccc(C(=O)O)cc1O.OCCOCCOCCO. The molecule has 0 aliphatic heterocycles. The van der Waals surface area contributed by atoms with Crippen molar-refractivity contribution >= 4 is 11.9 Å². The fourth-order valence-corrected chi connectivity index (χ4v) is 1.94. The smallest absolute Gasteiger partial charge is 0.335 e. The maximum atomic E-state index is 10.4. The Bertz CT molecular complexity index is 766. The Balaban J connectivity index is 0.000000452. The van der Waals surface area contributed by atoms with Gasteiger partial charge in [0.1, 0.15) is 11.5 Å². The zero-order valence-electron chi connectivity index (χ0n) is 18.0. The fraction of sp³-hybridized carbons (Fsp3) is 0.364. The van der Waals surface area contributed by atoms with Crippen molar-refractivity contribution in [2.75, 3.05) is 39.6 Å². The summed E-state index contributed by atoms with van der Waals surface area (Å²) in [5, 5.41) is 51.7. The Labute approximate surface area is 185 Å². The number of phenols is 2. The highest BCUT2D eigenvalue weighted by molar-refractivity contribution is 5.88. The monoisotopic (exact) mass is 454 g/mol. The van der Waals surface area contributed by atoms with Crippen LogP contribution in [0.15, 0.2) is 36.4 Å². The highest BCUT2D eigenvalue weighted by atomic mass is 16.5. The van der Waals surface area contributed by atoms with E-state index in [9.17, 15) is 9.59 Å². The minimum Gasteiger partial charge on any atom is -0.508 e. The summed E-state index contributed by atoms with van der Waals surface area (Å²) in [6.45, 7) is 5.15. The molecular formula is C22H30O10. The summed E-state index contributed by atoms with van der Waals surface area (Å²) in [5.41, 5.74) is 1.56. The van der Waals surface area contributed by atoms with E-state index in [1.165, 1.54) is 24.3 Å². The summed E-state index contributed by atoms with van der Waals surface area (Å²) in [7, 11) is 0. The van der Waals surface area contributed by atoms with E-state index in [4.69, 9.17) is 40.1 Å². The number of ether oxygens (including phenoxy) is 2. The third kappa shape index (κ3) is 12.5. The molecule has 0 unspecified atom stereocenters. The molecule has 0 aliphatic rings. The number of benzene rings is 2. The summed E-state index contributed by atoms with van der Waals surface area (Å²) in [6, 6.07) is 8.52. The van der Waals surface area contributed by atoms with Gasteiger partial charge in [-0.1, -0.05) is 12.1 Å². The summed E-state index contributed by atoms with van der Waals surface area (Å²) >= 11 is 0. The molecule has 0 radical (unpaired) electrons. The van der Waals surface area contributed by atoms with Crippen LogP contribution in [0.25, 0.3) is 0 Å². The van der Waals surface area contributed by atoms with Crippen LogP contribution in [0.5, 0.6) is 11.5 Å². The molecule has 178 valence electrons. The second kappa shape index (κ2) is 16.5. The fourth-order valence-electron chi connectivity index (χ4n) is 1.94. The van der Waals surface area contributed by atoms with Gasteiger partial charge in [0.15, 0.2) is 0 Å². The van der Waals surface area contributed by atoms with E-state index in [-0.39, 0.29) is 35.8 Å². The number of aliphatic hydroxyl groups is 2. The normalized spacial score (nSPS) is 9.75. The molecular weight excluding hydrogens is 424 g/mol. The van der Waals surface area contributed by atoms with Crippen molar-refractivity contribution in [3.8, 4) is 11.5 Å². The highest BCUT2D eigenvalue weighted by Crippen LogP contribution is 2.17. The summed E-state index contributed by atoms with van der Waals surface area (Å²) < 4.78 is 9.75. The third-order valence-corrected chi connectivity index (χ3v) is 3.76. The summed E-state index contributed by atoms with van der Waals surface area (Å²) in [5.74, 6) is -2.02. The zero-order valence-corrected chi connectivity index (χ0v) is 18.0. The molecule has 0 aromatic heterocycles. The van der Waals surface area contributed by atoms with Crippen LogP contribution in [0, 0.1) is 13.8 Å². The van der Waals surface area contributed by atoms with Crippen LogP contribution in [0.1, 0.15) is 31.8 Å². The first-order valence-electron chi connectivity index (χ1n) is 9.57. The minimum atomic E-state index is -1.03. The van der Waals surface area contributed by atoms with Crippen LogP contribution in [-0.4, -0.2) is 82.2 Å². The van der Waals surface area contributed by atoms with Crippen molar-refractivity contribution < 1.29 is 49.7 Å². The largest absolute Gasteiger partial charge is 0.508 e. The Morgan fingerprint density at radius 3 is 1.28 bits per heavy atom. The van der Waals surface area contributed by atoms with Gasteiger partial charge in [-0.15, -0.1) is 0 Å². The van der Waals surface area contributed by atoms with Crippen LogP contribution in [-0.2, 0) is 9.47 Å². The third-order valence-electron chi connectivity index (χ3n) is 3.76. The number of aromatic carboxylic acids is 2. The molecule has 0 saturated carbocycles. The highest BCUT2D eigenvalue weighted by Gasteiger charge is 2.04. The molecule has 0 saturated heterocycles. The van der Waals surface area contributed by atoms with Crippen molar-refractivity contribution in [3.05, 3.63) is 58.7 Å². The van der Waals surface area contributed by atoms with Gasteiger partial charge in [0.05, 0.1) is 50.8 Å². The predicted molar refractivity (Wildman–Crippen MR) is 115 cm³/mol. The number of aromatic hydroxyl groups is 2. The van der Waals surface area contributed by atoms with E-state index in [1.54, 1.807) is 26.0 Å². The first-order chi connectivity index (χ1) is 15.1. The number of rotatable bonds is 9. The average molecular weight is 454 g/mol. The van der Waals surface area contributed by atoms with Gasteiger partial charge >= 0.3 is 11.9 Å². The number of hydrogen-bond donors (Lipinski definition) is 6. The van der Waals surface area contributed by atoms with Gasteiger partial charge in [-0.2, -0.15) is 0 Å². The number of phenolic OH excluding ortho intramolecular Hbond substituents is 2. The van der Waals surface area contributed by atoms with Gasteiger partial charge in [-0.05, 0) is 49.2 Å². The van der Waals surface area contributed by atoms with Gasteiger partial charge in [-0.3, -0.25) is 0 Å². The molecule has 0 amide bonds. The molecule has 0 fully saturated rings. The van der Waals surface area contributed by atoms with Crippen molar-refractivity contribution in [2.45, 2.75) is 13.8 Å². The lowest BCUT2D eigenvalue weighted by Crippen LogP contribution is -2.09. The molecule has 0 bridgehead atoms. The molecule has 2 aromatic rings. The first kappa shape index (κ1) is 28.8. The van der Waals surface area contributed by atoms with Crippen LogP contribution in [0.2, 0.25) is 0 Å². The average Bonchev–Trinajstić information content (AvgIpc) is 2.75. The Morgan fingerprint density at radius 1 is 0.688 bits per heavy atom. The van der Waals surface area contributed by atoms with Crippen molar-refractivity contribution in [1.82, 2.24) is 0 Å². The lowest BCUT2D eigenvalue weighted by atomic mass is 10.1. The first-order valence-corrected chi connectivity index (χ1v) is 9.57. The quantitative estimate of drug-likeness (QED) is 0.307. The summed E-state index contributed by atoms with van der Waals surface area (Å²) in [6.07, 6.45) is 0. The number of carboxylic acids is 2. The van der Waals surface area contributed by atoms with E-state index < -0.39 is 11.9 Å². The van der Waals surface area contributed by atoms with Gasteiger partial charge in [-0.25, -0.2) is 9.59 Å². The second-order valence-corrected chi connectivity index (χ2v) is 6.28.